The van der Waals surface area contributed by atoms with Crippen LogP contribution in [0.15, 0.2) is 53.6 Å². The van der Waals surface area contributed by atoms with E-state index in [1.165, 1.54) is 6.20 Å². The Kier molecular flexibility index (Phi) is 4.95. The molecule has 3 aromatic rings. The van der Waals surface area contributed by atoms with Gasteiger partial charge in [-0.25, -0.2) is 21.2 Å². The fourth-order valence-corrected chi connectivity index (χ4v) is 4.93. The summed E-state index contributed by atoms with van der Waals surface area (Å²) in [4.78, 5) is 4.11. The lowest BCUT2D eigenvalue weighted by molar-refractivity contribution is 0.148. The highest BCUT2D eigenvalue weighted by Crippen LogP contribution is 2.25. The van der Waals surface area contributed by atoms with Crippen LogP contribution in [-0.4, -0.2) is 55.4 Å². The molecule has 148 valence electrons. The maximum atomic E-state index is 14.0. The molecule has 1 aliphatic rings. The number of aromatic nitrogens is 1. The first-order chi connectivity index (χ1) is 13.3. The van der Waals surface area contributed by atoms with E-state index in [1.54, 1.807) is 12.1 Å². The van der Waals surface area contributed by atoms with E-state index >= 15 is 0 Å². The molecule has 2 heterocycles. The summed E-state index contributed by atoms with van der Waals surface area (Å²) in [6.45, 7) is 4.84. The summed E-state index contributed by atoms with van der Waals surface area (Å²) < 4.78 is 54.0. The predicted molar refractivity (Wildman–Crippen MR) is 104 cm³/mol. The van der Waals surface area contributed by atoms with E-state index < -0.39 is 26.6 Å². The van der Waals surface area contributed by atoms with Crippen LogP contribution in [-0.2, 0) is 16.6 Å². The van der Waals surface area contributed by atoms with Gasteiger partial charge in [0.1, 0.15) is 16.5 Å². The number of fused-ring (bicyclic) bond motifs is 1. The fraction of sp³-hybridized carbons (Fsp3) is 0.300. The van der Waals surface area contributed by atoms with Gasteiger partial charge in [-0.2, -0.15) is 0 Å². The molecule has 1 aliphatic heterocycles. The molecule has 0 unspecified atom stereocenters. The summed E-state index contributed by atoms with van der Waals surface area (Å²) in [7, 11) is -2.05. The minimum Gasteiger partial charge on any atom is -0.304 e. The quantitative estimate of drug-likeness (QED) is 0.670. The minimum absolute atomic E-state index is 0.464. The van der Waals surface area contributed by atoms with Gasteiger partial charge in [-0.1, -0.05) is 6.07 Å². The highest BCUT2D eigenvalue weighted by molar-refractivity contribution is 7.90. The molecule has 0 saturated carbocycles. The van der Waals surface area contributed by atoms with Crippen molar-refractivity contribution >= 4 is 20.9 Å². The van der Waals surface area contributed by atoms with Crippen molar-refractivity contribution in [3.63, 3.8) is 0 Å². The highest BCUT2D eigenvalue weighted by atomic mass is 32.2. The van der Waals surface area contributed by atoms with Gasteiger partial charge in [0, 0.05) is 50.4 Å². The maximum Gasteiger partial charge on any atom is 0.271 e. The number of hydrogen-bond acceptors (Lipinski definition) is 4. The number of hydrogen-bond donors (Lipinski definition) is 0. The van der Waals surface area contributed by atoms with Gasteiger partial charge in [0.2, 0.25) is 0 Å². The number of benzene rings is 2. The predicted octanol–water partition coefficient (Wildman–Crippen LogP) is 2.90. The van der Waals surface area contributed by atoms with E-state index in [4.69, 9.17) is 0 Å². The molecule has 0 N–H and O–H groups in total. The van der Waals surface area contributed by atoms with Crippen LogP contribution in [0.4, 0.5) is 8.78 Å². The third kappa shape index (κ3) is 3.55. The van der Waals surface area contributed by atoms with Gasteiger partial charge in [0.25, 0.3) is 10.0 Å². The van der Waals surface area contributed by atoms with Crippen LogP contribution in [0.2, 0.25) is 0 Å². The first-order valence-electron chi connectivity index (χ1n) is 9.06. The Hall–Kier alpha value is -2.29. The number of rotatable bonds is 4. The largest absolute Gasteiger partial charge is 0.304 e. The fourth-order valence-electron chi connectivity index (χ4n) is 3.53. The van der Waals surface area contributed by atoms with Gasteiger partial charge < -0.3 is 4.90 Å². The van der Waals surface area contributed by atoms with Crippen molar-refractivity contribution in [3.05, 3.63) is 65.9 Å². The Morgan fingerprint density at radius 2 is 1.71 bits per heavy atom. The second-order valence-electron chi connectivity index (χ2n) is 7.16. The van der Waals surface area contributed by atoms with E-state index in [0.717, 1.165) is 59.8 Å². The van der Waals surface area contributed by atoms with Crippen molar-refractivity contribution < 1.29 is 17.2 Å². The monoisotopic (exact) mass is 405 g/mol. The summed E-state index contributed by atoms with van der Waals surface area (Å²) in [5.41, 5.74) is 1.56. The zero-order valence-electron chi connectivity index (χ0n) is 15.5. The summed E-state index contributed by atoms with van der Waals surface area (Å²) in [5.74, 6) is -1.92. The Labute approximate surface area is 162 Å². The zero-order valence-corrected chi connectivity index (χ0v) is 16.3. The molecular weight excluding hydrogens is 384 g/mol. The van der Waals surface area contributed by atoms with Crippen molar-refractivity contribution in [1.82, 2.24) is 13.8 Å². The molecule has 1 aromatic heterocycles. The van der Waals surface area contributed by atoms with Crippen LogP contribution in [0.3, 0.4) is 0 Å². The Morgan fingerprint density at radius 3 is 2.43 bits per heavy atom. The maximum absolute atomic E-state index is 14.0. The Balaban J connectivity index is 1.64. The van der Waals surface area contributed by atoms with Crippen molar-refractivity contribution in [2.45, 2.75) is 11.4 Å². The lowest BCUT2D eigenvalue weighted by Crippen LogP contribution is -2.43. The van der Waals surface area contributed by atoms with Gasteiger partial charge in [-0.15, -0.1) is 0 Å². The molecule has 5 nitrogen and oxygen atoms in total. The summed E-state index contributed by atoms with van der Waals surface area (Å²) in [5, 5.41) is 0.762. The first-order valence-corrected chi connectivity index (χ1v) is 10.5. The Morgan fingerprint density at radius 1 is 0.964 bits per heavy atom. The van der Waals surface area contributed by atoms with Gasteiger partial charge >= 0.3 is 0 Å². The van der Waals surface area contributed by atoms with E-state index in [2.05, 4.69) is 16.8 Å². The minimum atomic E-state index is -4.16. The van der Waals surface area contributed by atoms with E-state index in [9.17, 15) is 17.2 Å². The zero-order chi connectivity index (χ0) is 19.9. The SMILES string of the molecule is CN1CCN(Cc2ccc3c(ccn3S(=O)(=O)c3ccc(F)cc3F)c2)CC1. The van der Waals surface area contributed by atoms with Gasteiger partial charge in [-0.3, -0.25) is 4.90 Å². The topological polar surface area (TPSA) is 45.5 Å². The van der Waals surface area contributed by atoms with Crippen LogP contribution in [0.25, 0.3) is 10.9 Å². The van der Waals surface area contributed by atoms with Crippen molar-refractivity contribution in [3.8, 4) is 0 Å². The molecule has 8 heteroatoms. The Bertz CT molecular complexity index is 1120. The summed E-state index contributed by atoms with van der Waals surface area (Å²) in [6.07, 6.45) is 1.41. The van der Waals surface area contributed by atoms with E-state index in [1.807, 2.05) is 12.1 Å². The van der Waals surface area contributed by atoms with Crippen LogP contribution in [0.5, 0.6) is 0 Å². The molecule has 0 bridgehead atoms. The average molecular weight is 405 g/mol. The second kappa shape index (κ2) is 7.27. The van der Waals surface area contributed by atoms with Crippen molar-refractivity contribution in [2.24, 2.45) is 0 Å². The summed E-state index contributed by atoms with van der Waals surface area (Å²) >= 11 is 0. The molecule has 2 aromatic carbocycles. The molecule has 1 saturated heterocycles. The second-order valence-corrected chi connectivity index (χ2v) is 8.95. The average Bonchev–Trinajstić information content (AvgIpc) is 3.07. The van der Waals surface area contributed by atoms with Crippen LogP contribution in [0.1, 0.15) is 5.56 Å². The number of halogens is 2. The van der Waals surface area contributed by atoms with Crippen LogP contribution < -0.4 is 0 Å². The highest BCUT2D eigenvalue weighted by Gasteiger charge is 2.23. The molecule has 0 atom stereocenters. The normalized spacial score (nSPS) is 16.7. The lowest BCUT2D eigenvalue weighted by atomic mass is 10.1. The lowest BCUT2D eigenvalue weighted by Gasteiger charge is -2.32. The first kappa shape index (κ1) is 19.0. The smallest absolute Gasteiger partial charge is 0.271 e. The van der Waals surface area contributed by atoms with Crippen LogP contribution in [0, 0.1) is 11.6 Å². The molecule has 0 spiro atoms. The molecule has 4 rings (SSSR count). The van der Waals surface area contributed by atoms with Gasteiger partial charge in [0.15, 0.2) is 0 Å². The molecule has 0 amide bonds. The molecule has 0 radical (unpaired) electrons. The van der Waals surface area contributed by atoms with E-state index in [-0.39, 0.29) is 0 Å². The van der Waals surface area contributed by atoms with E-state index in [0.29, 0.717) is 11.6 Å². The van der Waals surface area contributed by atoms with Crippen molar-refractivity contribution in [1.29, 1.82) is 0 Å². The third-order valence-corrected chi connectivity index (χ3v) is 6.87. The standard InChI is InChI=1S/C20H21F2N3O2S/c1-23-8-10-24(11-9-23)14-15-2-4-19-16(12-15)6-7-25(19)28(26,27)20-5-3-17(21)13-18(20)22/h2-7,12-13H,8-11,14H2,1H3. The van der Waals surface area contributed by atoms with Gasteiger partial charge in [0.05, 0.1) is 5.52 Å². The van der Waals surface area contributed by atoms with Crippen LogP contribution >= 0.6 is 0 Å². The number of nitrogens with zero attached hydrogens (tertiary/aromatic N) is 3. The number of piperazine rings is 1. The molecule has 0 aliphatic carbocycles. The number of likely N-dealkylation sites (N-methyl/N-ethyl adjacent to an activating group) is 1. The van der Waals surface area contributed by atoms with Crippen molar-refractivity contribution in [2.75, 3.05) is 33.2 Å². The molecule has 28 heavy (non-hydrogen) atoms. The molecular formula is C20H21F2N3O2S. The molecule has 1 fully saturated rings. The van der Waals surface area contributed by atoms with Gasteiger partial charge in [-0.05, 0) is 42.9 Å². The summed E-state index contributed by atoms with van der Waals surface area (Å²) in [6, 6.07) is 9.76. The third-order valence-electron chi connectivity index (χ3n) is 5.15.